The molecule has 0 aliphatic rings. The van der Waals surface area contributed by atoms with Crippen LogP contribution in [0.25, 0.3) is 22.3 Å². The first kappa shape index (κ1) is 52.6. The number of nitro groups is 1. The number of carbonyl (C=O) groups excluding carboxylic acids is 3. The molecular weight excluding hydrogens is 877 g/mol. The number of hydrogen-bond acceptors (Lipinski definition) is 13. The Morgan fingerprint density at radius 2 is 1.25 bits per heavy atom. The van der Waals surface area contributed by atoms with E-state index in [1.165, 1.54) is 61.0 Å². The van der Waals surface area contributed by atoms with Gasteiger partial charge >= 0.3 is 35.5 Å². The second-order valence-corrected chi connectivity index (χ2v) is 15.3. The molecule has 0 unspecified atom stereocenters. The highest BCUT2D eigenvalue weighted by Gasteiger charge is 2.26. The summed E-state index contributed by atoms with van der Waals surface area (Å²) in [6.45, 7) is 7.03. The van der Waals surface area contributed by atoms with Crippen molar-refractivity contribution in [1.82, 2.24) is 0 Å². The molecule has 0 aromatic heterocycles. The van der Waals surface area contributed by atoms with Crippen molar-refractivity contribution < 1.29 is 62.8 Å². The number of carbonyl (C=O) groups is 5. The molecule has 0 bridgehead atoms. The van der Waals surface area contributed by atoms with Crippen LogP contribution in [-0.2, 0) is 14.3 Å². The van der Waals surface area contributed by atoms with Gasteiger partial charge in [0.15, 0.2) is 5.75 Å². The van der Waals surface area contributed by atoms with E-state index in [4.69, 9.17) is 24.7 Å². The number of nitrogen functional groups attached to an aromatic ring is 1. The number of esters is 3. The standard InChI is InChI=1S/C37H36N2O11.C15H20O3/c1-3-4-5-6-7-8-17-49-32-21-30(38)27(20-31(32)39(46)47)22-9-11-24(12-10-22)36(44)50-26-15-13-23(14-16-26)28-18-25(34(40)41)19-29(37(45)48-2)33(28)35(42)43;1-2-15(16)18-13-9-4-3-8-12-17-14-10-6-5-7-11-14/h9-16,18-21H,3-8,17,38H2,1-2H3,(H,40,41)(H,42,43);2,5-7,10-11H,1,3-4,8-9,12-13H2. The van der Waals surface area contributed by atoms with E-state index >= 15 is 0 Å². The molecule has 0 saturated carbocycles. The number of nitro benzene ring substituents is 1. The van der Waals surface area contributed by atoms with Gasteiger partial charge in [-0.15, -0.1) is 0 Å². The fourth-order valence-corrected chi connectivity index (χ4v) is 6.80. The van der Waals surface area contributed by atoms with E-state index in [1.807, 2.05) is 30.3 Å². The Kier molecular flexibility index (Phi) is 21.2. The Labute approximate surface area is 394 Å². The highest BCUT2D eigenvalue weighted by Crippen LogP contribution is 2.38. The molecule has 0 aliphatic heterocycles. The van der Waals surface area contributed by atoms with E-state index in [1.54, 1.807) is 12.1 Å². The van der Waals surface area contributed by atoms with Crippen LogP contribution in [0.2, 0.25) is 0 Å². The van der Waals surface area contributed by atoms with Crippen molar-refractivity contribution in [1.29, 1.82) is 0 Å². The van der Waals surface area contributed by atoms with Gasteiger partial charge in [-0.05, 0) is 97.3 Å². The van der Waals surface area contributed by atoms with Crippen LogP contribution >= 0.6 is 0 Å². The molecule has 0 atom stereocenters. The second kappa shape index (κ2) is 27.5. The van der Waals surface area contributed by atoms with Crippen molar-refractivity contribution in [2.45, 2.75) is 71.1 Å². The number of anilines is 1. The van der Waals surface area contributed by atoms with E-state index in [0.29, 0.717) is 24.3 Å². The van der Waals surface area contributed by atoms with Crippen LogP contribution in [-0.4, -0.2) is 71.9 Å². The number of carboxylic acids is 2. The van der Waals surface area contributed by atoms with Gasteiger partial charge in [0.2, 0.25) is 0 Å². The first-order chi connectivity index (χ1) is 32.8. The van der Waals surface area contributed by atoms with E-state index < -0.39 is 39.9 Å². The zero-order valence-corrected chi connectivity index (χ0v) is 38.1. The Bertz CT molecular complexity index is 2510. The van der Waals surface area contributed by atoms with Crippen LogP contribution in [0.5, 0.6) is 17.2 Å². The van der Waals surface area contributed by atoms with E-state index in [0.717, 1.165) is 89.4 Å². The smallest absolute Gasteiger partial charge is 0.343 e. The number of methoxy groups -OCH3 is 1. The number of rotatable bonds is 25. The van der Waals surface area contributed by atoms with Crippen molar-refractivity contribution in [2.24, 2.45) is 0 Å². The monoisotopic (exact) mass is 932 g/mol. The summed E-state index contributed by atoms with van der Waals surface area (Å²) in [5, 5.41) is 31.2. The van der Waals surface area contributed by atoms with Crippen molar-refractivity contribution in [2.75, 3.05) is 32.7 Å². The summed E-state index contributed by atoms with van der Waals surface area (Å²) in [5.74, 6) is -3.84. The maximum absolute atomic E-state index is 12.9. The first-order valence-corrected chi connectivity index (χ1v) is 22.1. The maximum atomic E-state index is 12.9. The van der Waals surface area contributed by atoms with Crippen LogP contribution in [0.3, 0.4) is 0 Å². The Morgan fingerprint density at radius 1 is 0.662 bits per heavy atom. The van der Waals surface area contributed by atoms with Gasteiger partial charge in [-0.25, -0.2) is 24.0 Å². The summed E-state index contributed by atoms with van der Waals surface area (Å²) in [6.07, 6.45) is 11.5. The van der Waals surface area contributed by atoms with Crippen molar-refractivity contribution >= 4 is 41.2 Å². The molecule has 358 valence electrons. The van der Waals surface area contributed by atoms with Crippen LogP contribution < -0.4 is 19.9 Å². The van der Waals surface area contributed by atoms with E-state index in [2.05, 4.69) is 18.2 Å². The van der Waals surface area contributed by atoms with Crippen molar-refractivity contribution in [3.63, 3.8) is 0 Å². The number of nitrogens with two attached hydrogens (primary N) is 1. The topological polar surface area (TPSA) is 241 Å². The normalized spacial score (nSPS) is 10.4. The predicted molar refractivity (Wildman–Crippen MR) is 255 cm³/mol. The lowest BCUT2D eigenvalue weighted by Gasteiger charge is -2.13. The van der Waals surface area contributed by atoms with Gasteiger partial charge in [0.25, 0.3) is 0 Å². The Morgan fingerprint density at radius 3 is 1.84 bits per heavy atom. The highest BCUT2D eigenvalue weighted by molar-refractivity contribution is 6.09. The molecule has 16 nitrogen and oxygen atoms in total. The molecule has 16 heteroatoms. The quantitative estimate of drug-likeness (QED) is 0.00937. The van der Waals surface area contributed by atoms with Crippen molar-refractivity contribution in [3.8, 4) is 39.5 Å². The molecule has 0 saturated heterocycles. The number of unbranched alkanes of at least 4 members (excludes halogenated alkanes) is 8. The minimum absolute atomic E-state index is 0.0526. The van der Waals surface area contributed by atoms with Gasteiger partial charge in [-0.3, -0.25) is 10.1 Å². The van der Waals surface area contributed by atoms with E-state index in [-0.39, 0.29) is 51.1 Å². The Hall–Kier alpha value is -8.01. The molecule has 0 fully saturated rings. The lowest BCUT2D eigenvalue weighted by atomic mass is 9.92. The molecule has 5 aromatic carbocycles. The summed E-state index contributed by atoms with van der Waals surface area (Å²) in [7, 11) is 1.05. The minimum Gasteiger partial charge on any atom is -0.494 e. The van der Waals surface area contributed by atoms with Gasteiger partial charge in [-0.1, -0.05) is 88.1 Å². The fraction of sp³-hybridized carbons (Fsp3) is 0.288. The number of ether oxygens (including phenoxy) is 5. The van der Waals surface area contributed by atoms with Gasteiger partial charge in [-0.2, -0.15) is 0 Å². The molecule has 0 aliphatic carbocycles. The summed E-state index contributed by atoms with van der Waals surface area (Å²) in [4.78, 5) is 71.1. The molecule has 4 N–H and O–H groups in total. The van der Waals surface area contributed by atoms with Crippen LogP contribution in [0.1, 0.15) is 113 Å². The molecule has 5 aromatic rings. The molecule has 0 amide bonds. The van der Waals surface area contributed by atoms with Crippen LogP contribution in [0.4, 0.5) is 11.4 Å². The molecule has 0 spiro atoms. The lowest BCUT2D eigenvalue weighted by Crippen LogP contribution is -2.14. The lowest BCUT2D eigenvalue weighted by molar-refractivity contribution is -0.385. The predicted octanol–water partition coefficient (Wildman–Crippen LogP) is 11.0. The number of benzene rings is 5. The fourth-order valence-electron chi connectivity index (χ4n) is 6.80. The summed E-state index contributed by atoms with van der Waals surface area (Å²) in [5.41, 5.74) is 6.36. The third kappa shape index (κ3) is 16.2. The van der Waals surface area contributed by atoms with Gasteiger partial charge < -0.3 is 39.6 Å². The molecular formula is C52H56N2O14. The summed E-state index contributed by atoms with van der Waals surface area (Å²) >= 11 is 0. The van der Waals surface area contributed by atoms with Crippen LogP contribution in [0.15, 0.2) is 116 Å². The molecule has 68 heavy (non-hydrogen) atoms. The number of hydrogen-bond donors (Lipinski definition) is 3. The van der Waals surface area contributed by atoms with Crippen molar-refractivity contribution in [3.05, 3.63) is 148 Å². The zero-order chi connectivity index (χ0) is 49.4. The minimum atomic E-state index is -1.47. The largest absolute Gasteiger partial charge is 0.494 e. The van der Waals surface area contributed by atoms with E-state index in [9.17, 15) is 44.3 Å². The third-order valence-corrected chi connectivity index (χ3v) is 10.4. The molecule has 5 rings (SSSR count). The van der Waals surface area contributed by atoms with Gasteiger partial charge in [0.05, 0.1) is 54.1 Å². The average Bonchev–Trinajstić information content (AvgIpc) is 3.34. The number of aromatic carboxylic acids is 2. The Balaban J connectivity index is 0.000000469. The van der Waals surface area contributed by atoms with Gasteiger partial charge in [0, 0.05) is 29.5 Å². The van der Waals surface area contributed by atoms with Gasteiger partial charge in [0.1, 0.15) is 11.5 Å². The molecule has 0 radical (unpaired) electrons. The third-order valence-electron chi connectivity index (χ3n) is 10.4. The number of carboxylic acid groups (broad SMARTS) is 2. The summed E-state index contributed by atoms with van der Waals surface area (Å²) in [6, 6.07) is 26.3. The number of para-hydroxylation sites is 1. The maximum Gasteiger partial charge on any atom is 0.343 e. The highest BCUT2D eigenvalue weighted by atomic mass is 16.6. The summed E-state index contributed by atoms with van der Waals surface area (Å²) < 4.78 is 26.3. The number of nitrogens with zero attached hydrogens (tertiary/aromatic N) is 1. The molecule has 0 heterocycles. The first-order valence-electron chi connectivity index (χ1n) is 22.1. The van der Waals surface area contributed by atoms with Crippen LogP contribution in [0, 0.1) is 10.1 Å². The average molecular weight is 933 g/mol. The zero-order valence-electron chi connectivity index (χ0n) is 38.1. The second-order valence-electron chi connectivity index (χ2n) is 15.3. The SMILES string of the molecule is C=CC(=O)OCCCCCCOc1ccccc1.CCCCCCCCOc1cc(N)c(-c2ccc(C(=O)Oc3ccc(-c4cc(C(=O)O)cc(C(=O)OC)c4C(=O)O)cc3)cc2)cc1[N+](=O)[O-].